The monoisotopic (exact) mass is 548 g/mol. The van der Waals surface area contributed by atoms with Gasteiger partial charge in [0.25, 0.3) is 0 Å². The van der Waals surface area contributed by atoms with Crippen LogP contribution < -0.4 is 10.9 Å². The molecule has 0 fully saturated rings. The summed E-state index contributed by atoms with van der Waals surface area (Å²) in [4.78, 5) is 28.2. The number of hydrogen-bond acceptors (Lipinski definition) is 4. The van der Waals surface area contributed by atoms with Crippen LogP contribution in [0.3, 0.4) is 0 Å². The minimum absolute atomic E-state index is 0.0883. The third-order valence-electron chi connectivity index (χ3n) is 8.02. The molecule has 4 heteroatoms. The van der Waals surface area contributed by atoms with Gasteiger partial charge in [-0.3, -0.25) is 9.59 Å². The summed E-state index contributed by atoms with van der Waals surface area (Å²) in [6.45, 7) is 5.98. The maximum Gasteiger partial charge on any atom is 0.200 e. The predicted octanol–water partition coefficient (Wildman–Crippen LogP) is 8.90. The average molecular weight is 549 g/mol. The molecule has 0 aliphatic heterocycles. The number of benzene rings is 5. The third kappa shape index (κ3) is 4.24. The van der Waals surface area contributed by atoms with Gasteiger partial charge in [-0.05, 0) is 67.8 Å². The molecule has 0 N–H and O–H groups in total. The Morgan fingerprint density at radius 1 is 0.595 bits per heavy atom. The van der Waals surface area contributed by atoms with Gasteiger partial charge in [0.15, 0.2) is 0 Å². The Kier molecular flexibility index (Phi) is 6.13. The van der Waals surface area contributed by atoms with E-state index >= 15 is 0 Å². The highest BCUT2D eigenvalue weighted by Gasteiger charge is 2.25. The van der Waals surface area contributed by atoms with Crippen molar-refractivity contribution in [2.24, 2.45) is 0 Å². The lowest BCUT2D eigenvalue weighted by Crippen LogP contribution is -2.12. The molecule has 0 spiro atoms. The first-order valence-electron chi connectivity index (χ1n) is 14.1. The first-order valence-corrected chi connectivity index (χ1v) is 14.1. The molecule has 42 heavy (non-hydrogen) atoms. The highest BCUT2D eigenvalue weighted by Crippen LogP contribution is 2.41. The van der Waals surface area contributed by atoms with Gasteiger partial charge in [-0.2, -0.15) is 0 Å². The molecule has 204 valence electrons. The van der Waals surface area contributed by atoms with Crippen LogP contribution in [0.4, 0.5) is 0 Å². The molecule has 5 aromatic carbocycles. The Morgan fingerprint density at radius 2 is 1.17 bits per heavy atom. The lowest BCUT2D eigenvalue weighted by atomic mass is 9.88. The van der Waals surface area contributed by atoms with E-state index in [1.54, 1.807) is 12.1 Å². The molecule has 0 radical (unpaired) electrons. The fraction of sp³-hybridized carbons (Fsp3) is 0.105. The standard InChI is InChI=1S/C38H28O4/c1-22-12-16-25(17-13-22)21-32-35(37(40)27-8-4-6-10-30(27)41-32)29-20-24(3)33-36(39)28-9-5-7-11-31(28)42-38(33)34(29)26-18-14-23(2)15-19-26/h4-20H,21H2,1-3H3. The molecule has 0 atom stereocenters. The van der Waals surface area contributed by atoms with Gasteiger partial charge in [-0.25, -0.2) is 0 Å². The number of rotatable bonds is 4. The molecule has 0 bridgehead atoms. The van der Waals surface area contributed by atoms with Gasteiger partial charge >= 0.3 is 0 Å². The second-order valence-corrected chi connectivity index (χ2v) is 11.0. The van der Waals surface area contributed by atoms with E-state index in [0.29, 0.717) is 61.8 Å². The van der Waals surface area contributed by atoms with E-state index in [1.807, 2.05) is 80.6 Å². The smallest absolute Gasteiger partial charge is 0.200 e. The van der Waals surface area contributed by atoms with Crippen LogP contribution in [0.2, 0.25) is 0 Å². The number of hydrogen-bond donors (Lipinski definition) is 0. The molecule has 7 aromatic rings. The lowest BCUT2D eigenvalue weighted by Gasteiger charge is -2.18. The summed E-state index contributed by atoms with van der Waals surface area (Å²) >= 11 is 0. The van der Waals surface area contributed by atoms with Crippen molar-refractivity contribution in [1.29, 1.82) is 0 Å². The van der Waals surface area contributed by atoms with Crippen LogP contribution in [0.25, 0.3) is 55.2 Å². The van der Waals surface area contributed by atoms with Crippen molar-refractivity contribution in [2.75, 3.05) is 0 Å². The second-order valence-electron chi connectivity index (χ2n) is 11.0. The first-order chi connectivity index (χ1) is 20.4. The molecule has 0 aliphatic rings. The summed E-state index contributed by atoms with van der Waals surface area (Å²) in [5, 5.41) is 1.55. The molecular formula is C38H28O4. The van der Waals surface area contributed by atoms with Crippen LogP contribution in [-0.4, -0.2) is 0 Å². The largest absolute Gasteiger partial charge is 0.460 e. The summed E-state index contributed by atoms with van der Waals surface area (Å²) in [5.41, 5.74) is 8.06. The van der Waals surface area contributed by atoms with Crippen molar-refractivity contribution < 1.29 is 8.83 Å². The van der Waals surface area contributed by atoms with Gasteiger partial charge in [0, 0.05) is 17.5 Å². The van der Waals surface area contributed by atoms with E-state index in [4.69, 9.17) is 8.83 Å². The van der Waals surface area contributed by atoms with E-state index in [9.17, 15) is 9.59 Å². The zero-order valence-corrected chi connectivity index (χ0v) is 23.7. The summed E-state index contributed by atoms with van der Waals surface area (Å²) in [7, 11) is 0. The van der Waals surface area contributed by atoms with Crippen molar-refractivity contribution in [1.82, 2.24) is 0 Å². The fourth-order valence-corrected chi connectivity index (χ4v) is 5.84. The van der Waals surface area contributed by atoms with E-state index in [0.717, 1.165) is 27.8 Å². The summed E-state index contributed by atoms with van der Waals surface area (Å²) in [6, 6.07) is 32.9. The molecular weight excluding hydrogens is 520 g/mol. The summed E-state index contributed by atoms with van der Waals surface area (Å²) in [5.74, 6) is 0.567. The Balaban J connectivity index is 1.64. The second kappa shape index (κ2) is 10.0. The van der Waals surface area contributed by atoms with Crippen molar-refractivity contribution in [3.63, 3.8) is 0 Å². The maximum absolute atomic E-state index is 14.4. The quantitative estimate of drug-likeness (QED) is 0.206. The van der Waals surface area contributed by atoms with Crippen LogP contribution >= 0.6 is 0 Å². The van der Waals surface area contributed by atoms with Gasteiger partial charge in [0.2, 0.25) is 10.9 Å². The summed E-state index contributed by atoms with van der Waals surface area (Å²) < 4.78 is 13.1. The zero-order chi connectivity index (χ0) is 29.0. The molecule has 0 aliphatic carbocycles. The van der Waals surface area contributed by atoms with Gasteiger partial charge in [-0.15, -0.1) is 0 Å². The van der Waals surface area contributed by atoms with Crippen LogP contribution in [-0.2, 0) is 6.42 Å². The third-order valence-corrected chi connectivity index (χ3v) is 8.02. The van der Waals surface area contributed by atoms with E-state index in [1.165, 1.54) is 0 Å². The van der Waals surface area contributed by atoms with Crippen LogP contribution in [0.15, 0.2) is 122 Å². The molecule has 0 amide bonds. The number of aryl methyl sites for hydroxylation is 3. The highest BCUT2D eigenvalue weighted by molar-refractivity contribution is 6.06. The maximum atomic E-state index is 14.4. The topological polar surface area (TPSA) is 60.4 Å². The average Bonchev–Trinajstić information content (AvgIpc) is 2.99. The van der Waals surface area contributed by atoms with E-state index < -0.39 is 0 Å². The minimum atomic E-state index is -0.116. The Labute approximate surface area is 242 Å². The Hall–Kier alpha value is -5.22. The lowest BCUT2D eigenvalue weighted by molar-refractivity contribution is 0.551. The first kappa shape index (κ1) is 25.7. The fourth-order valence-electron chi connectivity index (χ4n) is 5.84. The molecule has 0 saturated carbocycles. The van der Waals surface area contributed by atoms with Crippen LogP contribution in [0.1, 0.15) is 28.0 Å². The number of fused-ring (bicyclic) bond motifs is 3. The molecule has 2 heterocycles. The SMILES string of the molecule is Cc1ccc(Cc2oc3ccccc3c(=O)c2-c2cc(C)c3c(=O)c4ccccc4oc3c2-c2ccc(C)cc2)cc1. The molecule has 7 rings (SSSR count). The predicted molar refractivity (Wildman–Crippen MR) is 170 cm³/mol. The van der Waals surface area contributed by atoms with Crippen LogP contribution in [0.5, 0.6) is 0 Å². The zero-order valence-electron chi connectivity index (χ0n) is 23.7. The van der Waals surface area contributed by atoms with Crippen molar-refractivity contribution in [3.05, 3.63) is 152 Å². The van der Waals surface area contributed by atoms with Gasteiger partial charge < -0.3 is 8.83 Å². The Morgan fingerprint density at radius 3 is 1.83 bits per heavy atom. The van der Waals surface area contributed by atoms with Gasteiger partial charge in [0.1, 0.15) is 22.5 Å². The van der Waals surface area contributed by atoms with Crippen LogP contribution in [0, 0.1) is 20.8 Å². The molecule has 0 saturated heterocycles. The van der Waals surface area contributed by atoms with Gasteiger partial charge in [-0.1, -0.05) is 83.9 Å². The van der Waals surface area contributed by atoms with Crippen molar-refractivity contribution >= 4 is 32.9 Å². The highest BCUT2D eigenvalue weighted by atomic mass is 16.3. The van der Waals surface area contributed by atoms with E-state index in [-0.39, 0.29) is 10.9 Å². The normalized spacial score (nSPS) is 11.5. The number of para-hydroxylation sites is 2. The molecule has 0 unspecified atom stereocenters. The van der Waals surface area contributed by atoms with Crippen molar-refractivity contribution in [3.8, 4) is 22.3 Å². The molecule has 2 aromatic heterocycles. The van der Waals surface area contributed by atoms with E-state index in [2.05, 4.69) is 31.2 Å². The van der Waals surface area contributed by atoms with Gasteiger partial charge in [0.05, 0.1) is 21.7 Å². The Bertz CT molecular complexity index is 2270. The molecule has 4 nitrogen and oxygen atoms in total. The van der Waals surface area contributed by atoms with Crippen molar-refractivity contribution in [2.45, 2.75) is 27.2 Å². The minimum Gasteiger partial charge on any atom is -0.460 e. The summed E-state index contributed by atoms with van der Waals surface area (Å²) in [6.07, 6.45) is 0.432.